The van der Waals surface area contributed by atoms with E-state index in [1.165, 1.54) is 5.56 Å². The zero-order valence-electron chi connectivity index (χ0n) is 17.6. The molecule has 1 unspecified atom stereocenters. The molecule has 2 aromatic carbocycles. The molecule has 0 aliphatic carbocycles. The molecule has 1 fully saturated rings. The average Bonchev–Trinajstić information content (AvgIpc) is 3.24. The van der Waals surface area contributed by atoms with Crippen LogP contribution in [0.2, 0.25) is 0 Å². The van der Waals surface area contributed by atoms with Gasteiger partial charge in [0.15, 0.2) is 0 Å². The molecule has 0 radical (unpaired) electrons. The molecule has 6 heteroatoms. The van der Waals surface area contributed by atoms with Gasteiger partial charge in [0.25, 0.3) is 0 Å². The Labute approximate surface area is 177 Å². The second kappa shape index (κ2) is 9.22. The zero-order chi connectivity index (χ0) is 20.9. The van der Waals surface area contributed by atoms with Crippen LogP contribution < -0.4 is 0 Å². The maximum Gasteiger partial charge on any atom is 0.241 e. The van der Waals surface area contributed by atoms with Crippen molar-refractivity contribution < 1.29 is 9.32 Å². The molecule has 1 aliphatic rings. The van der Waals surface area contributed by atoms with Crippen molar-refractivity contribution in [3.8, 4) is 11.4 Å². The van der Waals surface area contributed by atoms with Gasteiger partial charge in [0, 0.05) is 25.7 Å². The summed E-state index contributed by atoms with van der Waals surface area (Å²) in [6.45, 7) is 4.95. The number of amides is 1. The number of benzene rings is 2. The molecule has 6 nitrogen and oxygen atoms in total. The Morgan fingerprint density at radius 1 is 1.17 bits per heavy atom. The Morgan fingerprint density at radius 3 is 2.70 bits per heavy atom. The smallest absolute Gasteiger partial charge is 0.241 e. The Kier molecular flexibility index (Phi) is 6.23. The predicted octanol–water partition coefficient (Wildman–Crippen LogP) is 3.92. The molecule has 0 spiro atoms. The van der Waals surface area contributed by atoms with Crippen molar-refractivity contribution in [1.82, 2.24) is 19.9 Å². The number of rotatable bonds is 6. The average molecular weight is 405 g/mol. The monoisotopic (exact) mass is 404 g/mol. The van der Waals surface area contributed by atoms with Crippen molar-refractivity contribution in [1.29, 1.82) is 0 Å². The van der Waals surface area contributed by atoms with E-state index in [2.05, 4.69) is 46.2 Å². The molecule has 1 aromatic heterocycles. The van der Waals surface area contributed by atoms with E-state index >= 15 is 0 Å². The maximum atomic E-state index is 13.0. The Hall–Kier alpha value is -2.99. The van der Waals surface area contributed by atoms with Crippen molar-refractivity contribution in [2.45, 2.75) is 32.9 Å². The SMILES string of the molecule is Cc1ccc(CN(C)C(=O)C2CCCN(Cc3nc(-c4ccccc4)no3)C2)cc1. The van der Waals surface area contributed by atoms with Gasteiger partial charge in [0.2, 0.25) is 17.6 Å². The molecular formula is C24H28N4O2. The minimum Gasteiger partial charge on any atom is -0.341 e. The lowest BCUT2D eigenvalue weighted by Crippen LogP contribution is -2.43. The number of piperidine rings is 1. The Morgan fingerprint density at radius 2 is 1.93 bits per heavy atom. The molecular weight excluding hydrogens is 376 g/mol. The van der Waals surface area contributed by atoms with Crippen LogP contribution in [0, 0.1) is 12.8 Å². The highest BCUT2D eigenvalue weighted by atomic mass is 16.5. The maximum absolute atomic E-state index is 13.0. The molecule has 0 bridgehead atoms. The van der Waals surface area contributed by atoms with Crippen molar-refractivity contribution >= 4 is 5.91 Å². The van der Waals surface area contributed by atoms with Gasteiger partial charge in [-0.2, -0.15) is 4.98 Å². The Bertz CT molecular complexity index is 968. The lowest BCUT2D eigenvalue weighted by Gasteiger charge is -2.33. The highest BCUT2D eigenvalue weighted by Crippen LogP contribution is 2.22. The van der Waals surface area contributed by atoms with Gasteiger partial charge in [0.05, 0.1) is 12.5 Å². The third kappa shape index (κ3) is 4.94. The van der Waals surface area contributed by atoms with E-state index in [1.807, 2.05) is 42.3 Å². The van der Waals surface area contributed by atoms with E-state index in [1.54, 1.807) is 0 Å². The summed E-state index contributed by atoms with van der Waals surface area (Å²) in [6, 6.07) is 18.2. The Balaban J connectivity index is 1.34. The van der Waals surface area contributed by atoms with Crippen LogP contribution in [0.5, 0.6) is 0 Å². The second-order valence-electron chi connectivity index (χ2n) is 8.13. The van der Waals surface area contributed by atoms with Crippen LogP contribution in [0.4, 0.5) is 0 Å². The lowest BCUT2D eigenvalue weighted by molar-refractivity contribution is -0.136. The van der Waals surface area contributed by atoms with Crippen LogP contribution in [0.3, 0.4) is 0 Å². The third-order valence-corrected chi connectivity index (χ3v) is 5.63. The van der Waals surface area contributed by atoms with Crippen molar-refractivity contribution in [3.05, 3.63) is 71.6 Å². The summed E-state index contributed by atoms with van der Waals surface area (Å²) in [6.07, 6.45) is 1.92. The van der Waals surface area contributed by atoms with Crippen LogP contribution >= 0.6 is 0 Å². The number of likely N-dealkylation sites (tertiary alicyclic amines) is 1. The van der Waals surface area contributed by atoms with Gasteiger partial charge in [-0.1, -0.05) is 65.3 Å². The molecule has 1 atom stereocenters. The van der Waals surface area contributed by atoms with Crippen LogP contribution in [-0.2, 0) is 17.9 Å². The fourth-order valence-corrected chi connectivity index (χ4v) is 3.97. The summed E-state index contributed by atoms with van der Waals surface area (Å²) in [5.74, 6) is 1.41. The number of carbonyl (C=O) groups excluding carboxylic acids is 1. The fraction of sp³-hybridized carbons (Fsp3) is 0.375. The van der Waals surface area contributed by atoms with Gasteiger partial charge < -0.3 is 9.42 Å². The molecule has 1 saturated heterocycles. The number of aromatic nitrogens is 2. The van der Waals surface area contributed by atoms with Crippen molar-refractivity contribution in [2.75, 3.05) is 20.1 Å². The first-order chi connectivity index (χ1) is 14.6. The highest BCUT2D eigenvalue weighted by Gasteiger charge is 2.29. The quantitative estimate of drug-likeness (QED) is 0.623. The van der Waals surface area contributed by atoms with Crippen LogP contribution in [0.1, 0.15) is 29.9 Å². The van der Waals surface area contributed by atoms with E-state index in [-0.39, 0.29) is 11.8 Å². The first-order valence-corrected chi connectivity index (χ1v) is 10.5. The minimum atomic E-state index is 0.00529. The van der Waals surface area contributed by atoms with E-state index in [0.29, 0.717) is 24.8 Å². The lowest BCUT2D eigenvalue weighted by atomic mass is 9.96. The summed E-state index contributed by atoms with van der Waals surface area (Å²) in [5, 5.41) is 4.10. The van der Waals surface area contributed by atoms with Gasteiger partial charge in [-0.25, -0.2) is 0 Å². The van der Waals surface area contributed by atoms with E-state index in [0.717, 1.165) is 37.1 Å². The summed E-state index contributed by atoms with van der Waals surface area (Å²) in [7, 11) is 1.89. The second-order valence-corrected chi connectivity index (χ2v) is 8.13. The molecule has 0 saturated carbocycles. The highest BCUT2D eigenvalue weighted by molar-refractivity contribution is 5.79. The van der Waals surface area contributed by atoms with Crippen LogP contribution in [0.25, 0.3) is 11.4 Å². The molecule has 0 N–H and O–H groups in total. The number of hydrogen-bond acceptors (Lipinski definition) is 5. The van der Waals surface area contributed by atoms with Gasteiger partial charge in [-0.3, -0.25) is 9.69 Å². The third-order valence-electron chi connectivity index (χ3n) is 5.63. The van der Waals surface area contributed by atoms with Gasteiger partial charge in [0.1, 0.15) is 0 Å². The summed E-state index contributed by atoms with van der Waals surface area (Å²) < 4.78 is 5.46. The van der Waals surface area contributed by atoms with Crippen molar-refractivity contribution in [2.24, 2.45) is 5.92 Å². The van der Waals surface area contributed by atoms with Crippen molar-refractivity contribution in [3.63, 3.8) is 0 Å². The van der Waals surface area contributed by atoms with E-state index < -0.39 is 0 Å². The first kappa shape index (κ1) is 20.3. The zero-order valence-corrected chi connectivity index (χ0v) is 17.6. The molecule has 4 rings (SSSR count). The summed E-state index contributed by atoms with van der Waals surface area (Å²) in [5.41, 5.74) is 3.33. The molecule has 3 aromatic rings. The topological polar surface area (TPSA) is 62.5 Å². The van der Waals surface area contributed by atoms with Crippen LogP contribution in [-0.4, -0.2) is 46.0 Å². The number of nitrogens with zero attached hydrogens (tertiary/aromatic N) is 4. The van der Waals surface area contributed by atoms with E-state index in [9.17, 15) is 4.79 Å². The largest absolute Gasteiger partial charge is 0.341 e. The minimum absolute atomic E-state index is 0.00529. The molecule has 1 amide bonds. The number of hydrogen-bond donors (Lipinski definition) is 0. The number of aryl methyl sites for hydroxylation is 1. The van der Waals surface area contributed by atoms with Gasteiger partial charge in [-0.15, -0.1) is 0 Å². The molecule has 30 heavy (non-hydrogen) atoms. The number of carbonyl (C=O) groups is 1. The van der Waals surface area contributed by atoms with Crippen LogP contribution in [0.15, 0.2) is 59.1 Å². The van der Waals surface area contributed by atoms with Gasteiger partial charge >= 0.3 is 0 Å². The fourth-order valence-electron chi connectivity index (χ4n) is 3.97. The summed E-state index contributed by atoms with van der Waals surface area (Å²) in [4.78, 5) is 21.6. The van der Waals surface area contributed by atoms with E-state index in [4.69, 9.17) is 4.52 Å². The first-order valence-electron chi connectivity index (χ1n) is 10.5. The normalized spacial score (nSPS) is 17.1. The standard InChI is InChI=1S/C24H28N4O2/c1-18-10-12-19(13-11-18)15-27(2)24(29)21-9-6-14-28(16-21)17-22-25-23(26-30-22)20-7-4-3-5-8-20/h3-5,7-8,10-13,21H,6,9,14-17H2,1-2H3. The molecule has 156 valence electrons. The van der Waals surface area contributed by atoms with Gasteiger partial charge in [-0.05, 0) is 31.9 Å². The molecule has 1 aliphatic heterocycles. The summed E-state index contributed by atoms with van der Waals surface area (Å²) >= 11 is 0. The predicted molar refractivity (Wildman–Crippen MR) is 115 cm³/mol. The molecule has 2 heterocycles.